The third kappa shape index (κ3) is 1.71. The van der Waals surface area contributed by atoms with Crippen LogP contribution in [0, 0.1) is 11.8 Å². The summed E-state index contributed by atoms with van der Waals surface area (Å²) in [6.45, 7) is 5.15. The van der Waals surface area contributed by atoms with Crippen molar-refractivity contribution in [2.75, 3.05) is 6.54 Å². The lowest BCUT2D eigenvalue weighted by Crippen LogP contribution is -2.38. The van der Waals surface area contributed by atoms with Crippen LogP contribution in [-0.4, -0.2) is 18.5 Å². The number of carbonyl (C=O) groups excluding carboxylic acids is 1. The Morgan fingerprint density at radius 3 is 2.64 bits per heavy atom. The average Bonchev–Trinajstić information content (AvgIpc) is 2.32. The molecule has 1 amide bonds. The van der Waals surface area contributed by atoms with Gasteiger partial charge < -0.3 is 11.1 Å². The van der Waals surface area contributed by atoms with E-state index in [9.17, 15) is 4.79 Å². The van der Waals surface area contributed by atoms with E-state index in [-0.39, 0.29) is 11.8 Å². The highest BCUT2D eigenvalue weighted by Gasteiger charge is 2.32. The molecule has 1 aliphatic rings. The molecule has 2 unspecified atom stereocenters. The summed E-state index contributed by atoms with van der Waals surface area (Å²) in [5.74, 6) is 0.388. The zero-order chi connectivity index (χ0) is 8.43. The van der Waals surface area contributed by atoms with Gasteiger partial charge in [-0.05, 0) is 18.9 Å². The fourth-order valence-corrected chi connectivity index (χ4v) is 1.75. The summed E-state index contributed by atoms with van der Waals surface area (Å²) in [7, 11) is 0. The van der Waals surface area contributed by atoms with Crippen LogP contribution in [0.3, 0.4) is 0 Å². The number of carbonyl (C=O) groups is 1. The minimum Gasteiger partial charge on any atom is -0.369 e. The summed E-state index contributed by atoms with van der Waals surface area (Å²) in [6, 6.07) is 0.299. The second-order valence-corrected chi connectivity index (χ2v) is 3.52. The molecular weight excluding hydrogens is 140 g/mol. The number of nitrogens with one attached hydrogen (secondary N) is 1. The normalized spacial score (nSPS) is 31.2. The molecule has 11 heavy (non-hydrogen) atoms. The Hall–Kier alpha value is -0.570. The van der Waals surface area contributed by atoms with Gasteiger partial charge in [-0.1, -0.05) is 13.8 Å². The Labute approximate surface area is 67.3 Å². The van der Waals surface area contributed by atoms with Crippen molar-refractivity contribution in [3.05, 3.63) is 0 Å². The zero-order valence-electron chi connectivity index (χ0n) is 7.13. The van der Waals surface area contributed by atoms with Crippen molar-refractivity contribution in [3.63, 3.8) is 0 Å². The largest absolute Gasteiger partial charge is 0.369 e. The van der Waals surface area contributed by atoms with Crippen molar-refractivity contribution >= 4 is 5.91 Å². The van der Waals surface area contributed by atoms with E-state index in [1.807, 2.05) is 0 Å². The van der Waals surface area contributed by atoms with Crippen molar-refractivity contribution in [1.82, 2.24) is 5.32 Å². The van der Waals surface area contributed by atoms with Gasteiger partial charge in [0.25, 0.3) is 0 Å². The van der Waals surface area contributed by atoms with E-state index in [4.69, 9.17) is 5.73 Å². The molecule has 1 rings (SSSR count). The summed E-state index contributed by atoms with van der Waals surface area (Å²) in [5.41, 5.74) is 5.25. The Kier molecular flexibility index (Phi) is 2.49. The van der Waals surface area contributed by atoms with E-state index >= 15 is 0 Å². The zero-order valence-corrected chi connectivity index (χ0v) is 7.13. The Morgan fingerprint density at radius 1 is 1.64 bits per heavy atom. The molecule has 0 aromatic heterocycles. The molecule has 1 fully saturated rings. The van der Waals surface area contributed by atoms with Crippen LogP contribution in [0.5, 0.6) is 0 Å². The summed E-state index contributed by atoms with van der Waals surface area (Å²) >= 11 is 0. The molecule has 64 valence electrons. The lowest BCUT2D eigenvalue weighted by atomic mass is 9.91. The summed E-state index contributed by atoms with van der Waals surface area (Å²) in [4.78, 5) is 10.9. The van der Waals surface area contributed by atoms with Crippen molar-refractivity contribution in [1.29, 1.82) is 0 Å². The highest BCUT2D eigenvalue weighted by atomic mass is 16.1. The standard InChI is InChI=1S/C8H16N2O/c1-5(2)7-6(8(9)11)3-4-10-7/h5-7,10H,3-4H2,1-2H3,(H2,9,11). The molecule has 3 nitrogen and oxygen atoms in total. The van der Waals surface area contributed by atoms with Crippen LogP contribution in [0.1, 0.15) is 20.3 Å². The van der Waals surface area contributed by atoms with Crippen LogP contribution in [0.4, 0.5) is 0 Å². The van der Waals surface area contributed by atoms with Crippen LogP contribution >= 0.6 is 0 Å². The van der Waals surface area contributed by atoms with Crippen molar-refractivity contribution in [2.45, 2.75) is 26.3 Å². The topological polar surface area (TPSA) is 55.1 Å². The van der Waals surface area contributed by atoms with Crippen LogP contribution in [0.2, 0.25) is 0 Å². The second-order valence-electron chi connectivity index (χ2n) is 3.52. The molecular formula is C8H16N2O. The van der Waals surface area contributed by atoms with E-state index in [1.165, 1.54) is 0 Å². The molecule has 0 spiro atoms. The number of rotatable bonds is 2. The van der Waals surface area contributed by atoms with E-state index in [0.29, 0.717) is 12.0 Å². The summed E-state index contributed by atoms with van der Waals surface area (Å²) in [6.07, 6.45) is 0.901. The van der Waals surface area contributed by atoms with Gasteiger partial charge in [-0.2, -0.15) is 0 Å². The van der Waals surface area contributed by atoms with Gasteiger partial charge in [0.15, 0.2) is 0 Å². The third-order valence-corrected chi connectivity index (χ3v) is 2.35. The molecule has 1 aliphatic heterocycles. The molecule has 0 aromatic carbocycles. The van der Waals surface area contributed by atoms with E-state index in [0.717, 1.165) is 13.0 Å². The quantitative estimate of drug-likeness (QED) is 0.596. The smallest absolute Gasteiger partial charge is 0.222 e. The van der Waals surface area contributed by atoms with Crippen molar-refractivity contribution in [3.8, 4) is 0 Å². The van der Waals surface area contributed by atoms with Gasteiger partial charge in [-0.15, -0.1) is 0 Å². The van der Waals surface area contributed by atoms with E-state index in [2.05, 4.69) is 19.2 Å². The molecule has 0 saturated carbocycles. The minimum atomic E-state index is -0.159. The maximum Gasteiger partial charge on any atom is 0.222 e. The van der Waals surface area contributed by atoms with E-state index in [1.54, 1.807) is 0 Å². The summed E-state index contributed by atoms with van der Waals surface area (Å²) < 4.78 is 0. The van der Waals surface area contributed by atoms with Crippen molar-refractivity contribution in [2.24, 2.45) is 17.6 Å². The number of nitrogens with two attached hydrogens (primary N) is 1. The maximum absolute atomic E-state index is 10.9. The van der Waals surface area contributed by atoms with Gasteiger partial charge in [0.05, 0.1) is 5.92 Å². The predicted molar refractivity (Wildman–Crippen MR) is 43.9 cm³/mol. The second kappa shape index (κ2) is 3.22. The van der Waals surface area contributed by atoms with Gasteiger partial charge in [-0.3, -0.25) is 4.79 Å². The number of hydrogen-bond acceptors (Lipinski definition) is 2. The highest BCUT2D eigenvalue weighted by Crippen LogP contribution is 2.20. The molecule has 0 aliphatic carbocycles. The Bertz CT molecular complexity index is 156. The SMILES string of the molecule is CC(C)C1NCCC1C(N)=O. The van der Waals surface area contributed by atoms with Crippen molar-refractivity contribution < 1.29 is 4.79 Å². The first-order chi connectivity index (χ1) is 5.13. The highest BCUT2D eigenvalue weighted by molar-refractivity contribution is 5.77. The third-order valence-electron chi connectivity index (χ3n) is 2.35. The monoisotopic (exact) mass is 156 g/mol. The Balaban J connectivity index is 2.58. The van der Waals surface area contributed by atoms with E-state index < -0.39 is 0 Å². The fourth-order valence-electron chi connectivity index (χ4n) is 1.75. The fraction of sp³-hybridized carbons (Fsp3) is 0.875. The van der Waals surface area contributed by atoms with Crippen LogP contribution in [0.15, 0.2) is 0 Å². The average molecular weight is 156 g/mol. The first-order valence-electron chi connectivity index (χ1n) is 4.15. The van der Waals surface area contributed by atoms with Crippen LogP contribution in [0.25, 0.3) is 0 Å². The molecule has 0 bridgehead atoms. The van der Waals surface area contributed by atoms with Crippen LogP contribution in [-0.2, 0) is 4.79 Å². The Morgan fingerprint density at radius 2 is 2.27 bits per heavy atom. The van der Waals surface area contributed by atoms with Crippen LogP contribution < -0.4 is 11.1 Å². The number of hydrogen-bond donors (Lipinski definition) is 2. The first-order valence-corrected chi connectivity index (χ1v) is 4.15. The lowest BCUT2D eigenvalue weighted by Gasteiger charge is -2.20. The van der Waals surface area contributed by atoms with Gasteiger partial charge in [0.1, 0.15) is 0 Å². The molecule has 0 aromatic rings. The molecule has 2 atom stereocenters. The minimum absolute atomic E-state index is 0.0509. The van der Waals surface area contributed by atoms with Gasteiger partial charge >= 0.3 is 0 Å². The molecule has 3 heteroatoms. The van der Waals surface area contributed by atoms with Gasteiger partial charge in [0, 0.05) is 6.04 Å². The molecule has 1 saturated heterocycles. The first kappa shape index (κ1) is 8.53. The number of primary amides is 1. The molecule has 0 radical (unpaired) electrons. The van der Waals surface area contributed by atoms with Gasteiger partial charge in [0.2, 0.25) is 5.91 Å². The molecule has 3 N–H and O–H groups in total. The maximum atomic E-state index is 10.9. The van der Waals surface area contributed by atoms with Gasteiger partial charge in [-0.25, -0.2) is 0 Å². The summed E-state index contributed by atoms with van der Waals surface area (Å²) in [5, 5.41) is 3.29. The lowest BCUT2D eigenvalue weighted by molar-refractivity contribution is -0.122. The molecule has 1 heterocycles. The predicted octanol–water partition coefficient (Wildman–Crippen LogP) is 0.106. The number of amides is 1.